The van der Waals surface area contributed by atoms with Crippen molar-refractivity contribution in [1.29, 1.82) is 0 Å². The zero-order chi connectivity index (χ0) is 22.4. The van der Waals surface area contributed by atoms with Crippen molar-refractivity contribution in [2.75, 3.05) is 5.32 Å². The van der Waals surface area contributed by atoms with Crippen LogP contribution in [-0.2, 0) is 20.1 Å². The number of carbonyl (C=O) groups excluding carboxylic acids is 1. The molecule has 1 aliphatic heterocycles. The second-order valence-corrected chi connectivity index (χ2v) is 8.30. The van der Waals surface area contributed by atoms with E-state index in [0.29, 0.717) is 12.2 Å². The third kappa shape index (κ3) is 3.48. The minimum Gasteiger partial charge on any atom is -0.321 e. The van der Waals surface area contributed by atoms with E-state index in [-0.39, 0.29) is 5.91 Å². The molecule has 33 heavy (non-hydrogen) atoms. The summed E-state index contributed by atoms with van der Waals surface area (Å²) in [7, 11) is 1.95. The van der Waals surface area contributed by atoms with Crippen LogP contribution in [0.3, 0.4) is 0 Å². The summed E-state index contributed by atoms with van der Waals surface area (Å²) in [6.45, 7) is 1.40. The number of anilines is 1. The van der Waals surface area contributed by atoms with Crippen LogP contribution in [0.5, 0.6) is 0 Å². The molecule has 1 amide bonds. The van der Waals surface area contributed by atoms with Gasteiger partial charge in [-0.25, -0.2) is 0 Å². The second-order valence-electron chi connectivity index (χ2n) is 8.30. The molecule has 162 valence electrons. The van der Waals surface area contributed by atoms with Crippen molar-refractivity contribution in [2.24, 2.45) is 7.05 Å². The molecule has 1 aliphatic rings. The Kier molecular flexibility index (Phi) is 4.55. The molecular formula is C26H22N6O. The van der Waals surface area contributed by atoms with Crippen molar-refractivity contribution < 1.29 is 4.79 Å². The monoisotopic (exact) mass is 434 g/mol. The highest BCUT2D eigenvalue weighted by atomic mass is 16.1. The van der Waals surface area contributed by atoms with Gasteiger partial charge in [0.2, 0.25) is 0 Å². The molecule has 7 nitrogen and oxygen atoms in total. The Morgan fingerprint density at radius 1 is 0.909 bits per heavy atom. The van der Waals surface area contributed by atoms with Gasteiger partial charge >= 0.3 is 0 Å². The van der Waals surface area contributed by atoms with E-state index in [9.17, 15) is 4.79 Å². The molecule has 6 rings (SSSR count). The SMILES string of the molecule is Cn1ncc2c1CNCc1cccc(c1)-c1cccc(c1)NC(=O)c1n[nH]c3ccc-2cc13. The molecule has 5 aromatic rings. The summed E-state index contributed by atoms with van der Waals surface area (Å²) in [6, 6.07) is 22.3. The summed E-state index contributed by atoms with van der Waals surface area (Å²) in [5, 5.41) is 19.1. The number of hydrogen-bond acceptors (Lipinski definition) is 4. The normalized spacial score (nSPS) is 13.5. The molecule has 0 saturated heterocycles. The van der Waals surface area contributed by atoms with E-state index in [2.05, 4.69) is 56.3 Å². The van der Waals surface area contributed by atoms with Crippen LogP contribution in [0.4, 0.5) is 5.69 Å². The standard InChI is InChI=1S/C26H22N6O/c1-32-24-15-27-13-16-4-2-5-17(10-16)18-6-3-7-20(11-18)29-26(33)25-21-12-19(22(24)14-28-32)8-9-23(21)30-31-25/h2-12,14,27H,13,15H2,1H3,(H,29,33)(H,30,31). The van der Waals surface area contributed by atoms with Crippen molar-refractivity contribution in [2.45, 2.75) is 13.1 Å². The Morgan fingerprint density at radius 2 is 1.76 bits per heavy atom. The Labute approximate surface area is 190 Å². The molecule has 0 unspecified atom stereocenters. The minimum absolute atomic E-state index is 0.248. The van der Waals surface area contributed by atoms with Gasteiger partial charge in [0.15, 0.2) is 5.69 Å². The van der Waals surface area contributed by atoms with E-state index in [1.165, 1.54) is 5.56 Å². The van der Waals surface area contributed by atoms with Crippen LogP contribution in [0.15, 0.2) is 72.9 Å². The van der Waals surface area contributed by atoms with Gasteiger partial charge in [0.05, 0.1) is 17.4 Å². The number of amides is 1. The molecule has 0 saturated carbocycles. The fourth-order valence-corrected chi connectivity index (χ4v) is 4.42. The number of rotatable bonds is 0. The first-order valence-corrected chi connectivity index (χ1v) is 10.9. The van der Waals surface area contributed by atoms with Gasteiger partial charge in [-0.05, 0) is 52.6 Å². The third-order valence-electron chi connectivity index (χ3n) is 6.15. The maximum absolute atomic E-state index is 13.2. The van der Waals surface area contributed by atoms with E-state index >= 15 is 0 Å². The lowest BCUT2D eigenvalue weighted by atomic mass is 10.0. The van der Waals surface area contributed by atoms with Crippen LogP contribution in [0, 0.1) is 0 Å². The highest BCUT2D eigenvalue weighted by Gasteiger charge is 2.18. The fourth-order valence-electron chi connectivity index (χ4n) is 4.42. The highest BCUT2D eigenvalue weighted by Crippen LogP contribution is 2.29. The second kappa shape index (κ2) is 7.72. The molecule has 2 aromatic heterocycles. The summed E-state index contributed by atoms with van der Waals surface area (Å²) in [5.74, 6) is -0.248. The van der Waals surface area contributed by atoms with Crippen molar-refractivity contribution in [3.63, 3.8) is 0 Å². The number of hydrogen-bond donors (Lipinski definition) is 3. The predicted octanol–water partition coefficient (Wildman–Crippen LogP) is 4.49. The van der Waals surface area contributed by atoms with Crippen LogP contribution in [0.1, 0.15) is 21.7 Å². The number of benzene rings is 3. The maximum Gasteiger partial charge on any atom is 0.276 e. The molecule has 6 bridgehead atoms. The quantitative estimate of drug-likeness (QED) is 0.335. The summed E-state index contributed by atoms with van der Waals surface area (Å²) in [4.78, 5) is 13.2. The minimum atomic E-state index is -0.248. The Bertz CT molecular complexity index is 1510. The molecule has 3 N–H and O–H groups in total. The Morgan fingerprint density at radius 3 is 2.67 bits per heavy atom. The van der Waals surface area contributed by atoms with Gasteiger partial charge in [-0.2, -0.15) is 10.2 Å². The molecule has 7 heteroatoms. The summed E-state index contributed by atoms with van der Waals surface area (Å²) in [6.07, 6.45) is 1.87. The summed E-state index contributed by atoms with van der Waals surface area (Å²) < 4.78 is 1.89. The van der Waals surface area contributed by atoms with E-state index in [1.54, 1.807) is 0 Å². The lowest BCUT2D eigenvalue weighted by molar-refractivity contribution is 0.102. The first-order valence-electron chi connectivity index (χ1n) is 10.9. The number of aryl methyl sites for hydroxylation is 1. The van der Waals surface area contributed by atoms with Gasteiger partial charge < -0.3 is 10.6 Å². The number of nitrogens with zero attached hydrogens (tertiary/aromatic N) is 3. The molecule has 0 aliphatic carbocycles. The van der Waals surface area contributed by atoms with Gasteiger partial charge in [-0.1, -0.05) is 36.4 Å². The largest absolute Gasteiger partial charge is 0.321 e. The number of aromatic amines is 1. The first-order chi connectivity index (χ1) is 16.2. The third-order valence-corrected chi connectivity index (χ3v) is 6.15. The van der Waals surface area contributed by atoms with Gasteiger partial charge in [-0.3, -0.25) is 14.6 Å². The molecule has 3 heterocycles. The molecule has 0 fully saturated rings. The van der Waals surface area contributed by atoms with Crippen LogP contribution in [0.25, 0.3) is 33.2 Å². The van der Waals surface area contributed by atoms with E-state index in [4.69, 9.17) is 0 Å². The number of carbonyl (C=O) groups is 1. The van der Waals surface area contributed by atoms with Gasteiger partial charge in [0, 0.05) is 36.8 Å². The number of aromatic nitrogens is 4. The molecule has 0 radical (unpaired) electrons. The van der Waals surface area contributed by atoms with Gasteiger partial charge in [-0.15, -0.1) is 0 Å². The van der Waals surface area contributed by atoms with Crippen molar-refractivity contribution >= 4 is 22.5 Å². The zero-order valence-electron chi connectivity index (χ0n) is 18.1. The summed E-state index contributed by atoms with van der Waals surface area (Å²) >= 11 is 0. The molecular weight excluding hydrogens is 412 g/mol. The number of nitrogens with one attached hydrogen (secondary N) is 3. The molecule has 3 aromatic carbocycles. The lowest BCUT2D eigenvalue weighted by Crippen LogP contribution is -2.16. The zero-order valence-corrected chi connectivity index (χ0v) is 18.1. The van der Waals surface area contributed by atoms with E-state index in [1.807, 2.05) is 54.3 Å². The van der Waals surface area contributed by atoms with Crippen molar-refractivity contribution in [1.82, 2.24) is 25.3 Å². The average molecular weight is 435 g/mol. The van der Waals surface area contributed by atoms with Crippen LogP contribution in [-0.4, -0.2) is 25.9 Å². The van der Waals surface area contributed by atoms with Crippen LogP contribution in [0.2, 0.25) is 0 Å². The van der Waals surface area contributed by atoms with Gasteiger partial charge in [0.25, 0.3) is 5.91 Å². The first kappa shape index (κ1) is 19.5. The smallest absolute Gasteiger partial charge is 0.276 e. The number of fused-ring (bicyclic) bond motifs is 8. The van der Waals surface area contributed by atoms with Crippen molar-refractivity contribution in [3.8, 4) is 22.3 Å². The van der Waals surface area contributed by atoms with Crippen LogP contribution < -0.4 is 10.6 Å². The predicted molar refractivity (Wildman–Crippen MR) is 129 cm³/mol. The molecule has 0 atom stereocenters. The maximum atomic E-state index is 13.2. The lowest BCUT2D eigenvalue weighted by Gasteiger charge is -2.10. The van der Waals surface area contributed by atoms with Crippen molar-refractivity contribution in [3.05, 3.63) is 89.9 Å². The van der Waals surface area contributed by atoms with Gasteiger partial charge in [0.1, 0.15) is 0 Å². The average Bonchev–Trinajstić information content (AvgIpc) is 3.42. The number of H-pyrrole nitrogens is 1. The van der Waals surface area contributed by atoms with Crippen LogP contribution >= 0.6 is 0 Å². The molecule has 0 spiro atoms. The van der Waals surface area contributed by atoms with E-state index in [0.717, 1.165) is 51.1 Å². The Hall–Kier alpha value is -4.23. The summed E-state index contributed by atoms with van der Waals surface area (Å²) in [5.41, 5.74) is 8.36. The highest BCUT2D eigenvalue weighted by molar-refractivity contribution is 6.11. The topological polar surface area (TPSA) is 87.6 Å². The van der Waals surface area contributed by atoms with E-state index < -0.39 is 0 Å². The Balaban J connectivity index is 1.51. The fraction of sp³-hybridized carbons (Fsp3) is 0.115.